The van der Waals surface area contributed by atoms with Crippen molar-refractivity contribution in [3.63, 3.8) is 0 Å². The molecule has 0 fully saturated rings. The molecule has 36 heavy (non-hydrogen) atoms. The highest BCUT2D eigenvalue weighted by molar-refractivity contribution is 6.59. The number of benzene rings is 2. The third-order valence-electron chi connectivity index (χ3n) is 6.85. The predicted octanol–water partition coefficient (Wildman–Crippen LogP) is 6.38. The smallest absolute Gasteiger partial charge is 0.497 e. The van der Waals surface area contributed by atoms with E-state index in [0.717, 1.165) is 18.4 Å². The van der Waals surface area contributed by atoms with Crippen molar-refractivity contribution in [2.45, 2.75) is 25.7 Å². The Hall–Kier alpha value is -4.05. The summed E-state index contributed by atoms with van der Waals surface area (Å²) in [7, 11) is 3.17. The van der Waals surface area contributed by atoms with Crippen molar-refractivity contribution in [1.82, 2.24) is 4.48 Å². The molecule has 2 aliphatic rings. The number of ether oxygens (including phenoxy) is 2. The molecule has 0 aliphatic carbocycles. The Morgan fingerprint density at radius 2 is 1.44 bits per heavy atom. The minimum atomic E-state index is -4.17. The zero-order valence-electron chi connectivity index (χ0n) is 20.4. The van der Waals surface area contributed by atoms with E-state index in [9.17, 15) is 0 Å². The van der Waals surface area contributed by atoms with Crippen molar-refractivity contribution in [3.05, 3.63) is 89.8 Å². The maximum Gasteiger partial charge on any atom is 0.737 e. The van der Waals surface area contributed by atoms with E-state index < -0.39 is 6.97 Å². The van der Waals surface area contributed by atoms with Gasteiger partial charge in [0.1, 0.15) is 11.5 Å². The topological polar surface area (TPSA) is 26.4 Å². The van der Waals surface area contributed by atoms with Crippen LogP contribution in [0.2, 0.25) is 0 Å². The summed E-state index contributed by atoms with van der Waals surface area (Å²) >= 11 is 0. The van der Waals surface area contributed by atoms with E-state index in [2.05, 4.69) is 5.92 Å². The number of hydrogen-bond acceptors (Lipinski definition) is 2. The van der Waals surface area contributed by atoms with E-state index in [1.165, 1.54) is 8.96 Å². The van der Waals surface area contributed by atoms with Crippen LogP contribution in [-0.4, -0.2) is 35.9 Å². The second-order valence-electron chi connectivity index (χ2n) is 8.88. The minimum absolute atomic E-state index is 0.471. The van der Waals surface area contributed by atoms with Gasteiger partial charge < -0.3 is 27.1 Å². The fraction of sp³-hybridized carbons (Fsp3) is 0.207. The van der Waals surface area contributed by atoms with E-state index >= 15 is 8.63 Å². The number of halogens is 2. The molecule has 0 unspecified atom stereocenters. The first-order chi connectivity index (χ1) is 17.5. The van der Waals surface area contributed by atoms with E-state index in [-0.39, 0.29) is 0 Å². The summed E-state index contributed by atoms with van der Waals surface area (Å²) in [4.78, 5) is 0. The molecule has 182 valence electrons. The summed E-state index contributed by atoms with van der Waals surface area (Å²) in [5.41, 5.74) is 4.36. The molecule has 0 amide bonds. The third-order valence-corrected chi connectivity index (χ3v) is 6.85. The van der Waals surface area contributed by atoms with E-state index in [1.54, 1.807) is 50.6 Å². The molecule has 0 bridgehead atoms. The Kier molecular flexibility index (Phi) is 6.28. The molecule has 3 aromatic rings. The lowest BCUT2D eigenvalue weighted by molar-refractivity contribution is -0.361. The molecule has 2 aliphatic heterocycles. The van der Waals surface area contributed by atoms with Crippen molar-refractivity contribution in [1.29, 1.82) is 0 Å². The van der Waals surface area contributed by atoms with Gasteiger partial charge in [-0.05, 0) is 85.5 Å². The van der Waals surface area contributed by atoms with E-state index in [1.807, 2.05) is 36.4 Å². The van der Waals surface area contributed by atoms with Crippen molar-refractivity contribution in [2.24, 2.45) is 0 Å². The first-order valence-electron chi connectivity index (χ1n) is 12.0. The normalized spacial score (nSPS) is 15.5. The van der Waals surface area contributed by atoms with Crippen LogP contribution in [-0.2, 0) is 0 Å². The van der Waals surface area contributed by atoms with Gasteiger partial charge in [-0.25, -0.2) is 0 Å². The number of unbranched alkanes of at least 4 members (excludes halogenated alkanes) is 2. The van der Waals surface area contributed by atoms with Gasteiger partial charge in [0.15, 0.2) is 11.4 Å². The monoisotopic (exact) mass is 484 g/mol. The van der Waals surface area contributed by atoms with Gasteiger partial charge in [-0.15, -0.1) is 12.3 Å². The molecule has 7 heteroatoms. The van der Waals surface area contributed by atoms with Crippen molar-refractivity contribution < 1.29 is 22.6 Å². The van der Waals surface area contributed by atoms with Gasteiger partial charge in [0.05, 0.1) is 14.2 Å². The number of rotatable bonds is 8. The predicted molar refractivity (Wildman–Crippen MR) is 141 cm³/mol. The molecule has 0 saturated carbocycles. The Morgan fingerprint density at radius 3 is 2.06 bits per heavy atom. The lowest BCUT2D eigenvalue weighted by atomic mass is 9.85. The summed E-state index contributed by atoms with van der Waals surface area (Å²) in [6.45, 7) is -4.17. The van der Waals surface area contributed by atoms with Crippen molar-refractivity contribution in [3.8, 4) is 35.1 Å². The maximum absolute atomic E-state index is 16.6. The molecular weight excluding hydrogens is 457 g/mol. The summed E-state index contributed by atoms with van der Waals surface area (Å²) in [6, 6.07) is 18.0. The van der Waals surface area contributed by atoms with Gasteiger partial charge in [0.25, 0.3) is 0 Å². The van der Waals surface area contributed by atoms with E-state index in [4.69, 9.17) is 15.9 Å². The average Bonchev–Trinajstić information content (AvgIpc) is 3.55. The summed E-state index contributed by atoms with van der Waals surface area (Å²) in [6.07, 6.45) is 12.0. The number of fused-ring (bicyclic) bond motifs is 2. The average molecular weight is 484 g/mol. The Labute approximate surface area is 210 Å². The fourth-order valence-corrected chi connectivity index (χ4v) is 5.08. The lowest BCUT2D eigenvalue weighted by Gasteiger charge is -2.33. The zero-order chi connectivity index (χ0) is 25.3. The minimum Gasteiger partial charge on any atom is -0.497 e. The molecular formula is C29H27BF2N2O2. The molecule has 3 heterocycles. The summed E-state index contributed by atoms with van der Waals surface area (Å²) in [5, 5.41) is 0. The number of aromatic nitrogens is 1. The highest BCUT2D eigenvalue weighted by atomic mass is 19.2. The molecule has 0 atom stereocenters. The Bertz CT molecular complexity index is 1430. The van der Waals surface area contributed by atoms with Gasteiger partial charge in [0.2, 0.25) is 0 Å². The number of hydrogen-bond donors (Lipinski definition) is 0. The van der Waals surface area contributed by atoms with Crippen LogP contribution in [0, 0.1) is 12.3 Å². The second-order valence-corrected chi connectivity index (χ2v) is 8.88. The lowest BCUT2D eigenvalue weighted by Crippen LogP contribution is -2.51. The highest BCUT2D eigenvalue weighted by Gasteiger charge is 2.54. The van der Waals surface area contributed by atoms with Crippen LogP contribution in [0.25, 0.3) is 16.8 Å². The number of methoxy groups -OCH3 is 2. The van der Waals surface area contributed by atoms with Gasteiger partial charge in [-0.2, -0.15) is 0 Å². The van der Waals surface area contributed by atoms with Gasteiger partial charge in [-0.3, -0.25) is 0 Å². The maximum atomic E-state index is 16.6. The molecule has 4 nitrogen and oxygen atoms in total. The van der Waals surface area contributed by atoms with Gasteiger partial charge in [-0.1, -0.05) is 0 Å². The summed E-state index contributed by atoms with van der Waals surface area (Å²) in [5.74, 6) is 4.02. The number of allylic oxidation sites excluding steroid dienone is 3. The molecule has 0 saturated heterocycles. The highest BCUT2D eigenvalue weighted by Crippen LogP contribution is 2.42. The van der Waals surface area contributed by atoms with E-state index in [0.29, 0.717) is 58.3 Å². The van der Waals surface area contributed by atoms with Crippen LogP contribution in [0.15, 0.2) is 78.5 Å². The Balaban J connectivity index is 1.68. The van der Waals surface area contributed by atoms with Crippen LogP contribution < -0.4 is 9.47 Å². The molecule has 5 rings (SSSR count). The Morgan fingerprint density at radius 1 is 0.833 bits per heavy atom. The quantitative estimate of drug-likeness (QED) is 0.211. The van der Waals surface area contributed by atoms with Crippen molar-refractivity contribution >= 4 is 18.3 Å². The molecule has 2 aromatic carbocycles. The standard InChI is InChI=1S/C29H27BF2N2O2/c1-4-5-6-7-8-25-28-19-17-26(21-9-13-23(35-2)14-10-21)33(28)30(31,32)34-27(18-20-29(25)34)22-11-15-24(36-3)16-12-22/h1,9-20H,5-8H2,2-3H3. The largest absolute Gasteiger partial charge is 0.737 e. The van der Waals surface area contributed by atoms with Crippen LogP contribution in [0.5, 0.6) is 11.5 Å². The zero-order valence-corrected chi connectivity index (χ0v) is 20.4. The van der Waals surface area contributed by atoms with Gasteiger partial charge >= 0.3 is 6.97 Å². The van der Waals surface area contributed by atoms with Crippen molar-refractivity contribution in [2.75, 3.05) is 14.2 Å². The van der Waals surface area contributed by atoms with Crippen LogP contribution >= 0.6 is 0 Å². The first-order valence-corrected chi connectivity index (χ1v) is 12.0. The van der Waals surface area contributed by atoms with Crippen LogP contribution in [0.4, 0.5) is 8.63 Å². The number of nitrogens with zero attached hydrogens (tertiary/aromatic N) is 2. The van der Waals surface area contributed by atoms with Crippen LogP contribution in [0.3, 0.4) is 0 Å². The fourth-order valence-electron chi connectivity index (χ4n) is 5.08. The first kappa shape index (κ1) is 23.7. The summed E-state index contributed by atoms with van der Waals surface area (Å²) < 4.78 is 46.1. The number of terminal acetylenes is 1. The second kappa shape index (κ2) is 9.54. The molecule has 0 radical (unpaired) electrons. The third kappa shape index (κ3) is 3.93. The van der Waals surface area contributed by atoms with Gasteiger partial charge in [0, 0.05) is 41.1 Å². The molecule has 1 aromatic heterocycles. The molecule has 0 N–H and O–H groups in total. The van der Waals surface area contributed by atoms with Crippen LogP contribution in [0.1, 0.15) is 36.9 Å². The SMILES string of the molecule is C#CCCCCC1=C2C=CC(c3ccc(OC)cc3)=[N+]2[B-](F)(F)n2c1ccc2-c1ccc(OC)cc1. The molecule has 0 spiro atoms.